The molecule has 1 heterocycles. The first kappa shape index (κ1) is 17.1. The first-order chi connectivity index (χ1) is 13.2. The van der Waals surface area contributed by atoms with Crippen LogP contribution in [0.4, 0.5) is 11.4 Å². The second-order valence-electron chi connectivity index (χ2n) is 6.64. The molecule has 5 heteroatoms. The number of rotatable bonds is 6. The van der Waals surface area contributed by atoms with Crippen molar-refractivity contribution in [2.45, 2.75) is 26.6 Å². The molecule has 136 valence electrons. The molecular weight excluding hydrogens is 336 g/mol. The Kier molecular flexibility index (Phi) is 4.75. The molecule has 0 radical (unpaired) electrons. The van der Waals surface area contributed by atoms with Crippen molar-refractivity contribution in [1.29, 1.82) is 0 Å². The Bertz CT molecular complexity index is 1010. The summed E-state index contributed by atoms with van der Waals surface area (Å²) in [6.45, 7) is 4.62. The van der Waals surface area contributed by atoms with Crippen molar-refractivity contribution < 1.29 is 4.74 Å². The van der Waals surface area contributed by atoms with E-state index in [4.69, 9.17) is 4.74 Å². The third-order valence-electron chi connectivity index (χ3n) is 4.28. The molecule has 0 aliphatic heterocycles. The largest absolute Gasteiger partial charge is 0.491 e. The molecule has 0 fully saturated rings. The lowest BCUT2D eigenvalue weighted by molar-refractivity contribution is 0.242. The summed E-state index contributed by atoms with van der Waals surface area (Å²) in [4.78, 5) is 2.21. The van der Waals surface area contributed by atoms with Crippen LogP contribution in [0.15, 0.2) is 78.9 Å². The standard InChI is InChI=1S/C22H22N4O/c1-17(2)27-20-14-12-19(13-15-20)25(18-8-4-3-5-9-18)16-26-22-11-7-6-10-21(22)23-24-26/h3-15,17H,16H2,1-2H3. The summed E-state index contributed by atoms with van der Waals surface area (Å²) in [7, 11) is 0. The first-order valence-electron chi connectivity index (χ1n) is 9.08. The van der Waals surface area contributed by atoms with Crippen LogP contribution in [0, 0.1) is 0 Å². The maximum absolute atomic E-state index is 5.77. The lowest BCUT2D eigenvalue weighted by Gasteiger charge is -2.25. The Balaban J connectivity index is 1.69. The highest BCUT2D eigenvalue weighted by Crippen LogP contribution is 2.28. The van der Waals surface area contributed by atoms with E-state index in [1.54, 1.807) is 0 Å². The lowest BCUT2D eigenvalue weighted by atomic mass is 10.2. The second kappa shape index (κ2) is 7.50. The van der Waals surface area contributed by atoms with Crippen molar-refractivity contribution >= 4 is 22.4 Å². The van der Waals surface area contributed by atoms with Crippen LogP contribution in [0.1, 0.15) is 13.8 Å². The maximum atomic E-state index is 5.77. The molecule has 0 saturated carbocycles. The van der Waals surface area contributed by atoms with Gasteiger partial charge in [-0.1, -0.05) is 35.5 Å². The van der Waals surface area contributed by atoms with Gasteiger partial charge in [-0.25, -0.2) is 4.68 Å². The summed E-state index contributed by atoms with van der Waals surface area (Å²) in [6.07, 6.45) is 0.155. The quantitative estimate of drug-likeness (QED) is 0.486. The Labute approximate surface area is 158 Å². The van der Waals surface area contributed by atoms with E-state index in [-0.39, 0.29) is 6.10 Å². The van der Waals surface area contributed by atoms with Crippen LogP contribution in [-0.4, -0.2) is 21.1 Å². The molecular formula is C22H22N4O. The molecule has 0 N–H and O–H groups in total. The Hall–Kier alpha value is -3.34. The highest BCUT2D eigenvalue weighted by Gasteiger charge is 2.13. The van der Waals surface area contributed by atoms with Crippen molar-refractivity contribution in [3.63, 3.8) is 0 Å². The van der Waals surface area contributed by atoms with Crippen LogP contribution < -0.4 is 9.64 Å². The number of nitrogens with zero attached hydrogens (tertiary/aromatic N) is 4. The third-order valence-corrected chi connectivity index (χ3v) is 4.28. The van der Waals surface area contributed by atoms with Gasteiger partial charge in [0.15, 0.2) is 0 Å². The minimum absolute atomic E-state index is 0.155. The van der Waals surface area contributed by atoms with Gasteiger partial charge < -0.3 is 9.64 Å². The van der Waals surface area contributed by atoms with E-state index in [9.17, 15) is 0 Å². The normalized spacial score (nSPS) is 11.1. The van der Waals surface area contributed by atoms with Gasteiger partial charge in [-0.2, -0.15) is 0 Å². The molecule has 0 spiro atoms. The summed E-state index contributed by atoms with van der Waals surface area (Å²) < 4.78 is 7.69. The SMILES string of the molecule is CC(C)Oc1ccc(N(Cn2nnc3ccccc32)c2ccccc2)cc1. The van der Waals surface area contributed by atoms with Crippen molar-refractivity contribution in [1.82, 2.24) is 15.0 Å². The average Bonchev–Trinajstić information content (AvgIpc) is 3.10. The van der Waals surface area contributed by atoms with Crippen molar-refractivity contribution in [2.24, 2.45) is 0 Å². The number of ether oxygens (including phenoxy) is 1. The van der Waals surface area contributed by atoms with E-state index < -0.39 is 0 Å². The average molecular weight is 358 g/mol. The monoisotopic (exact) mass is 358 g/mol. The number of para-hydroxylation sites is 2. The minimum Gasteiger partial charge on any atom is -0.491 e. The van der Waals surface area contributed by atoms with Gasteiger partial charge in [0.25, 0.3) is 0 Å². The summed E-state index contributed by atoms with van der Waals surface area (Å²) in [5.74, 6) is 0.868. The van der Waals surface area contributed by atoms with E-state index in [1.165, 1.54) is 0 Å². The van der Waals surface area contributed by atoms with E-state index in [1.807, 2.05) is 73.1 Å². The number of fused-ring (bicyclic) bond motifs is 1. The van der Waals surface area contributed by atoms with Gasteiger partial charge in [0, 0.05) is 11.4 Å². The smallest absolute Gasteiger partial charge is 0.119 e. The number of benzene rings is 3. The predicted molar refractivity (Wildman–Crippen MR) is 108 cm³/mol. The van der Waals surface area contributed by atoms with Gasteiger partial charge in [0.1, 0.15) is 17.9 Å². The van der Waals surface area contributed by atoms with Crippen LogP contribution in [-0.2, 0) is 6.67 Å². The molecule has 27 heavy (non-hydrogen) atoms. The molecule has 0 aliphatic carbocycles. The Morgan fingerprint density at radius 1 is 0.852 bits per heavy atom. The van der Waals surface area contributed by atoms with Crippen LogP contribution in [0.3, 0.4) is 0 Å². The minimum atomic E-state index is 0.155. The first-order valence-corrected chi connectivity index (χ1v) is 9.08. The van der Waals surface area contributed by atoms with Gasteiger partial charge in [-0.15, -0.1) is 5.10 Å². The highest BCUT2D eigenvalue weighted by atomic mass is 16.5. The predicted octanol–water partition coefficient (Wildman–Crippen LogP) is 5.01. The van der Waals surface area contributed by atoms with E-state index in [0.717, 1.165) is 28.2 Å². The highest BCUT2D eigenvalue weighted by molar-refractivity contribution is 5.74. The number of anilines is 2. The molecule has 0 unspecified atom stereocenters. The maximum Gasteiger partial charge on any atom is 0.119 e. The Morgan fingerprint density at radius 3 is 2.26 bits per heavy atom. The van der Waals surface area contributed by atoms with Crippen molar-refractivity contribution in [3.8, 4) is 5.75 Å². The fourth-order valence-corrected chi connectivity index (χ4v) is 3.05. The van der Waals surface area contributed by atoms with Gasteiger partial charge in [-0.05, 0) is 62.4 Å². The number of hydrogen-bond donors (Lipinski definition) is 0. The Morgan fingerprint density at radius 2 is 1.52 bits per heavy atom. The fraction of sp³-hybridized carbons (Fsp3) is 0.182. The molecule has 0 amide bonds. The van der Waals surface area contributed by atoms with E-state index in [2.05, 4.69) is 39.5 Å². The summed E-state index contributed by atoms with van der Waals surface area (Å²) in [5, 5.41) is 8.62. The molecule has 1 aromatic heterocycles. The second-order valence-corrected chi connectivity index (χ2v) is 6.64. The van der Waals surface area contributed by atoms with Gasteiger partial charge in [0.2, 0.25) is 0 Å². The van der Waals surface area contributed by atoms with Crippen LogP contribution in [0.5, 0.6) is 5.75 Å². The number of aromatic nitrogens is 3. The topological polar surface area (TPSA) is 43.2 Å². The number of hydrogen-bond acceptors (Lipinski definition) is 4. The molecule has 0 bridgehead atoms. The molecule has 3 aromatic carbocycles. The lowest BCUT2D eigenvalue weighted by Crippen LogP contribution is -2.22. The van der Waals surface area contributed by atoms with Gasteiger partial charge >= 0.3 is 0 Å². The molecule has 0 saturated heterocycles. The van der Waals surface area contributed by atoms with Crippen molar-refractivity contribution in [3.05, 3.63) is 78.9 Å². The molecule has 0 atom stereocenters. The van der Waals surface area contributed by atoms with E-state index in [0.29, 0.717) is 6.67 Å². The van der Waals surface area contributed by atoms with Gasteiger partial charge in [-0.3, -0.25) is 0 Å². The van der Waals surface area contributed by atoms with Crippen LogP contribution in [0.2, 0.25) is 0 Å². The van der Waals surface area contributed by atoms with Crippen LogP contribution in [0.25, 0.3) is 11.0 Å². The van der Waals surface area contributed by atoms with Crippen molar-refractivity contribution in [2.75, 3.05) is 4.90 Å². The van der Waals surface area contributed by atoms with Gasteiger partial charge in [0.05, 0.1) is 11.6 Å². The van der Waals surface area contributed by atoms with E-state index >= 15 is 0 Å². The summed E-state index contributed by atoms with van der Waals surface area (Å²) in [6, 6.07) is 26.4. The zero-order chi connectivity index (χ0) is 18.6. The summed E-state index contributed by atoms with van der Waals surface area (Å²) in [5.41, 5.74) is 4.07. The fourth-order valence-electron chi connectivity index (χ4n) is 3.05. The zero-order valence-electron chi connectivity index (χ0n) is 15.5. The molecule has 4 aromatic rings. The summed E-state index contributed by atoms with van der Waals surface area (Å²) >= 11 is 0. The zero-order valence-corrected chi connectivity index (χ0v) is 15.5. The molecule has 5 nitrogen and oxygen atoms in total. The van der Waals surface area contributed by atoms with Crippen LogP contribution >= 0.6 is 0 Å². The molecule has 0 aliphatic rings. The third kappa shape index (κ3) is 3.77. The molecule has 4 rings (SSSR count).